The second-order valence-electron chi connectivity index (χ2n) is 12.9. The first-order chi connectivity index (χ1) is 22.7. The maximum absolute atomic E-state index is 13.4. The first-order valence-corrected chi connectivity index (χ1v) is 17.5. The lowest BCUT2D eigenvalue weighted by Crippen LogP contribution is -2.29. The summed E-state index contributed by atoms with van der Waals surface area (Å²) in [5.74, 6) is -0.852. The first-order valence-electron chi connectivity index (χ1n) is 15.9. The highest BCUT2D eigenvalue weighted by atomic mass is 32.2. The third kappa shape index (κ3) is 9.92. The van der Waals surface area contributed by atoms with Crippen molar-refractivity contribution in [3.05, 3.63) is 113 Å². The molecule has 0 aliphatic heterocycles. The minimum Gasteiger partial charge on any atom is -0.493 e. The Morgan fingerprint density at radius 1 is 1.02 bits per heavy atom. The lowest BCUT2D eigenvalue weighted by atomic mass is 9.88. The Balaban J connectivity index is 1.71. The average Bonchev–Trinajstić information content (AvgIpc) is 3.46. The van der Waals surface area contributed by atoms with E-state index in [1.807, 2.05) is 86.7 Å². The number of nitrogens with two attached hydrogens (primary N) is 1. The molecule has 2 amide bonds. The Morgan fingerprint density at radius 2 is 1.73 bits per heavy atom. The number of primary amides is 1. The van der Waals surface area contributed by atoms with E-state index in [2.05, 4.69) is 26.1 Å². The number of amides is 2. The number of hydrogen-bond donors (Lipinski definition) is 3. The van der Waals surface area contributed by atoms with Gasteiger partial charge in [-0.3, -0.25) is 14.1 Å². The van der Waals surface area contributed by atoms with Crippen LogP contribution in [0.3, 0.4) is 0 Å². The zero-order chi connectivity index (χ0) is 35.1. The van der Waals surface area contributed by atoms with Crippen molar-refractivity contribution in [3.63, 3.8) is 0 Å². The van der Waals surface area contributed by atoms with E-state index in [0.29, 0.717) is 35.7 Å². The summed E-state index contributed by atoms with van der Waals surface area (Å²) in [4.78, 5) is 26.1. The van der Waals surface area contributed by atoms with E-state index in [1.165, 1.54) is 0 Å². The van der Waals surface area contributed by atoms with E-state index < -0.39 is 33.6 Å². The van der Waals surface area contributed by atoms with Crippen LogP contribution in [0.5, 0.6) is 5.75 Å². The summed E-state index contributed by atoms with van der Waals surface area (Å²) in [5, 5.41) is 3.56. The van der Waals surface area contributed by atoms with Gasteiger partial charge in [-0.25, -0.2) is 0 Å². The normalized spacial score (nSPS) is 13.4. The van der Waals surface area contributed by atoms with Gasteiger partial charge in [-0.05, 0) is 89.4 Å². The maximum Gasteiger partial charge on any atom is 0.266 e. The molecule has 4 N–H and O–H groups in total. The van der Waals surface area contributed by atoms with E-state index in [9.17, 15) is 18.0 Å². The molecule has 0 saturated heterocycles. The lowest BCUT2D eigenvalue weighted by molar-refractivity contribution is -0.119. The lowest BCUT2D eigenvalue weighted by Gasteiger charge is -2.20. The average molecular weight is 673 g/mol. The number of furan rings is 1. The van der Waals surface area contributed by atoms with E-state index in [-0.39, 0.29) is 18.4 Å². The monoisotopic (exact) mass is 672 g/mol. The summed E-state index contributed by atoms with van der Waals surface area (Å²) in [7, 11) is -4.26. The third-order valence-electron chi connectivity index (χ3n) is 7.79. The van der Waals surface area contributed by atoms with Crippen LogP contribution in [-0.2, 0) is 21.3 Å². The fraction of sp³-hybridized carbons (Fsp3) is 0.316. The molecular formula is C38H44N2O7S. The van der Waals surface area contributed by atoms with Gasteiger partial charge in [-0.1, -0.05) is 76.2 Å². The van der Waals surface area contributed by atoms with Crippen molar-refractivity contribution >= 4 is 44.0 Å². The van der Waals surface area contributed by atoms with E-state index in [4.69, 9.17) is 19.4 Å². The summed E-state index contributed by atoms with van der Waals surface area (Å²) < 4.78 is 43.7. The first kappa shape index (κ1) is 36.2. The molecule has 10 heteroatoms. The van der Waals surface area contributed by atoms with Crippen LogP contribution in [-0.4, -0.2) is 43.7 Å². The number of allylic oxidation sites excluding steroid dienone is 4. The fourth-order valence-corrected chi connectivity index (χ4v) is 5.61. The molecule has 0 aliphatic rings. The largest absolute Gasteiger partial charge is 0.493 e. The number of benzene rings is 3. The summed E-state index contributed by atoms with van der Waals surface area (Å²) in [6.45, 7) is 10.4. The summed E-state index contributed by atoms with van der Waals surface area (Å²) in [6, 6.07) is 22.3. The molecule has 0 fully saturated rings. The fourth-order valence-electron chi connectivity index (χ4n) is 5.25. The van der Waals surface area contributed by atoms with Crippen molar-refractivity contribution in [2.75, 3.05) is 18.9 Å². The zero-order valence-electron chi connectivity index (χ0n) is 28.1. The van der Waals surface area contributed by atoms with Crippen LogP contribution in [0.25, 0.3) is 22.1 Å². The van der Waals surface area contributed by atoms with Crippen LogP contribution in [0, 0.1) is 5.41 Å². The Bertz CT molecular complexity index is 1900. The molecule has 254 valence electrons. The molecule has 1 heterocycles. The van der Waals surface area contributed by atoms with E-state index in [1.54, 1.807) is 12.1 Å². The minimum absolute atomic E-state index is 0.00330. The molecule has 9 nitrogen and oxygen atoms in total. The van der Waals surface area contributed by atoms with Gasteiger partial charge in [0.25, 0.3) is 16.0 Å². The molecule has 48 heavy (non-hydrogen) atoms. The van der Waals surface area contributed by atoms with Crippen LogP contribution in [0.15, 0.2) is 89.4 Å². The van der Waals surface area contributed by atoms with Crippen LogP contribution < -0.4 is 15.8 Å². The second kappa shape index (κ2) is 15.5. The SMILES string of the molecule is C/C=C(\C=C(/CC)c1cc2ccccc2o1)c1cc(CC(C(N)=O)c2ccc(OCC(C)(C)C)cc2)ccc1C(=O)NCCS(=O)(=O)O. The molecule has 0 saturated carbocycles. The number of carbonyl (C=O) groups excluding carboxylic acids is 2. The summed E-state index contributed by atoms with van der Waals surface area (Å²) in [6.07, 6.45) is 4.77. The predicted molar refractivity (Wildman–Crippen MR) is 190 cm³/mol. The molecule has 0 radical (unpaired) electrons. The number of carbonyl (C=O) groups is 2. The van der Waals surface area contributed by atoms with Crippen LogP contribution in [0.1, 0.15) is 79.8 Å². The Hall–Kier alpha value is -4.67. The highest BCUT2D eigenvalue weighted by Gasteiger charge is 2.22. The number of hydrogen-bond acceptors (Lipinski definition) is 6. The van der Waals surface area contributed by atoms with Crippen molar-refractivity contribution in [3.8, 4) is 5.75 Å². The molecular weight excluding hydrogens is 628 g/mol. The van der Waals surface area contributed by atoms with Gasteiger partial charge in [0.1, 0.15) is 17.1 Å². The van der Waals surface area contributed by atoms with Crippen molar-refractivity contribution in [2.45, 2.75) is 53.4 Å². The van der Waals surface area contributed by atoms with Gasteiger partial charge in [0.05, 0.1) is 18.3 Å². The van der Waals surface area contributed by atoms with E-state index >= 15 is 0 Å². The molecule has 0 spiro atoms. The van der Waals surface area contributed by atoms with Crippen molar-refractivity contribution in [1.29, 1.82) is 0 Å². The Kier molecular flexibility index (Phi) is 11.7. The molecule has 3 aromatic carbocycles. The van der Waals surface area contributed by atoms with Crippen LogP contribution in [0.4, 0.5) is 0 Å². The Labute approximate surface area is 282 Å². The number of nitrogens with one attached hydrogen (secondary N) is 1. The maximum atomic E-state index is 13.4. The van der Waals surface area contributed by atoms with Gasteiger partial charge >= 0.3 is 0 Å². The van der Waals surface area contributed by atoms with Crippen LogP contribution >= 0.6 is 0 Å². The quantitative estimate of drug-likeness (QED) is 0.0949. The van der Waals surface area contributed by atoms with Gasteiger partial charge in [0.15, 0.2) is 0 Å². The van der Waals surface area contributed by atoms with Crippen LogP contribution in [0.2, 0.25) is 0 Å². The molecule has 0 bridgehead atoms. The third-order valence-corrected chi connectivity index (χ3v) is 8.51. The van der Waals surface area contributed by atoms with Gasteiger partial charge in [-0.15, -0.1) is 0 Å². The Morgan fingerprint density at radius 3 is 2.33 bits per heavy atom. The number of fused-ring (bicyclic) bond motifs is 1. The number of para-hydroxylation sites is 1. The van der Waals surface area contributed by atoms with Crippen molar-refractivity contribution in [1.82, 2.24) is 5.32 Å². The van der Waals surface area contributed by atoms with Gasteiger partial charge < -0.3 is 20.2 Å². The zero-order valence-corrected chi connectivity index (χ0v) is 28.9. The highest BCUT2D eigenvalue weighted by molar-refractivity contribution is 7.85. The molecule has 1 aromatic heterocycles. The second-order valence-corrected chi connectivity index (χ2v) is 14.5. The predicted octanol–water partition coefficient (Wildman–Crippen LogP) is 7.18. The number of rotatable bonds is 14. The smallest absolute Gasteiger partial charge is 0.266 e. The molecule has 1 atom stereocenters. The standard InChI is InChI=1S/C38H44N2O7S/c1-6-26(22-27(7-2)35-23-29-10-8-9-11-34(29)47-35)32-20-25(12-17-31(32)37(42)40-18-19-48(43,44)45)21-33(36(39)41)28-13-15-30(16-14-28)46-24-38(3,4)5/h6,8-17,20,22-23,33H,7,18-19,21,24H2,1-5H3,(H2,39,41)(H,40,42)(H,43,44,45)/b26-6+,27-22+. The van der Waals surface area contributed by atoms with Crippen molar-refractivity contribution < 1.29 is 31.7 Å². The summed E-state index contributed by atoms with van der Waals surface area (Å²) >= 11 is 0. The topological polar surface area (TPSA) is 149 Å². The van der Waals surface area contributed by atoms with Gasteiger partial charge in [-0.2, -0.15) is 8.42 Å². The minimum atomic E-state index is -4.26. The van der Waals surface area contributed by atoms with Crippen molar-refractivity contribution in [2.24, 2.45) is 11.1 Å². The highest BCUT2D eigenvalue weighted by Crippen LogP contribution is 2.32. The van der Waals surface area contributed by atoms with E-state index in [0.717, 1.165) is 33.2 Å². The molecule has 4 aromatic rings. The van der Waals surface area contributed by atoms with Gasteiger partial charge in [0.2, 0.25) is 5.91 Å². The number of ether oxygens (including phenoxy) is 1. The van der Waals surface area contributed by atoms with Gasteiger partial charge in [0, 0.05) is 17.5 Å². The molecule has 1 unspecified atom stereocenters. The molecule has 4 rings (SSSR count). The summed E-state index contributed by atoms with van der Waals surface area (Å²) in [5.41, 5.74) is 10.7. The molecule has 0 aliphatic carbocycles.